The number of rotatable bonds is 13. The Labute approximate surface area is 199 Å². The summed E-state index contributed by atoms with van der Waals surface area (Å²) in [5.74, 6) is -1.11. The Morgan fingerprint density at radius 2 is 1.71 bits per heavy atom. The molecule has 0 aromatic heterocycles. The van der Waals surface area contributed by atoms with Crippen LogP contribution >= 0.6 is 0 Å². The van der Waals surface area contributed by atoms with Gasteiger partial charge in [0.1, 0.15) is 12.1 Å². The number of aliphatic imine (C=N–C) groups is 1. The third kappa shape index (κ3) is 8.68. The second kappa shape index (κ2) is 13.8. The van der Waals surface area contributed by atoms with Crippen LogP contribution in [0.4, 0.5) is 5.69 Å². The molecule has 0 saturated heterocycles. The van der Waals surface area contributed by atoms with Crippen LogP contribution in [0.15, 0.2) is 29.3 Å². The minimum atomic E-state index is -0.861. The van der Waals surface area contributed by atoms with Crippen LogP contribution in [-0.4, -0.2) is 77.2 Å². The molecule has 1 rings (SSSR count). The van der Waals surface area contributed by atoms with Gasteiger partial charge in [-0.15, -0.1) is 0 Å². The number of nitro groups is 1. The fraction of sp³-hybridized carbons (Fsp3) is 0.545. The van der Waals surface area contributed by atoms with Crippen LogP contribution in [0.2, 0.25) is 0 Å². The molecule has 0 unspecified atom stereocenters. The predicted molar refractivity (Wildman–Crippen MR) is 129 cm³/mol. The molecule has 0 aliphatic heterocycles. The first-order chi connectivity index (χ1) is 16.0. The number of amides is 3. The van der Waals surface area contributed by atoms with Gasteiger partial charge in [-0.1, -0.05) is 12.1 Å². The molecule has 0 radical (unpaired) electrons. The van der Waals surface area contributed by atoms with Gasteiger partial charge in [0.05, 0.1) is 4.92 Å². The molecule has 12 nitrogen and oxygen atoms in total. The molecular weight excluding hydrogens is 442 g/mol. The Morgan fingerprint density at radius 1 is 1.12 bits per heavy atom. The van der Waals surface area contributed by atoms with E-state index in [-0.39, 0.29) is 36.3 Å². The largest absolute Gasteiger partial charge is 0.370 e. The molecule has 0 saturated carbocycles. The van der Waals surface area contributed by atoms with Gasteiger partial charge >= 0.3 is 0 Å². The minimum Gasteiger partial charge on any atom is -0.370 e. The van der Waals surface area contributed by atoms with Crippen LogP contribution in [0, 0.1) is 10.1 Å². The van der Waals surface area contributed by atoms with Crippen molar-refractivity contribution in [2.75, 3.05) is 26.7 Å². The summed E-state index contributed by atoms with van der Waals surface area (Å²) in [6.45, 7) is 6.21. The Kier molecular flexibility index (Phi) is 11.5. The predicted octanol–water partition coefficient (Wildman–Crippen LogP) is 0.391. The Balaban J connectivity index is 3.18. The molecule has 0 spiro atoms. The van der Waals surface area contributed by atoms with E-state index in [0.717, 1.165) is 0 Å². The number of nitro benzene ring substituents is 1. The molecule has 12 heteroatoms. The molecule has 1 aromatic rings. The average molecular weight is 478 g/mol. The minimum absolute atomic E-state index is 0.0625. The number of nitrogens with two attached hydrogens (primary N) is 2. The standard InChI is InChI=1S/C22H35N7O5/c1-5-28(6-2)21(32)19(14-16-9-11-17(12-10-16)29(33)34)27(4)20(31)18(26-15(3)30)8-7-13-25-22(23)24/h9-12,18-19H,5-8,13-14H2,1-4H3,(H,26,30)(H4,23,24,25)/t18-,19-/m0/s1. The number of hydrogen-bond acceptors (Lipinski definition) is 6. The maximum absolute atomic E-state index is 13.4. The van der Waals surface area contributed by atoms with E-state index in [9.17, 15) is 24.5 Å². The topological polar surface area (TPSA) is 177 Å². The highest BCUT2D eigenvalue weighted by Crippen LogP contribution is 2.17. The zero-order valence-corrected chi connectivity index (χ0v) is 20.2. The molecule has 2 atom stereocenters. The van der Waals surface area contributed by atoms with Gasteiger partial charge in [0.2, 0.25) is 17.7 Å². The molecule has 0 bridgehead atoms. The van der Waals surface area contributed by atoms with Gasteiger partial charge in [-0.05, 0) is 32.3 Å². The number of carbonyl (C=O) groups excluding carboxylic acids is 3. The molecule has 5 N–H and O–H groups in total. The second-order valence-electron chi connectivity index (χ2n) is 7.81. The van der Waals surface area contributed by atoms with Crippen LogP contribution < -0.4 is 16.8 Å². The van der Waals surface area contributed by atoms with Gasteiger partial charge in [0.25, 0.3) is 5.69 Å². The van der Waals surface area contributed by atoms with Crippen LogP contribution in [-0.2, 0) is 20.8 Å². The lowest BCUT2D eigenvalue weighted by Crippen LogP contribution is -2.55. The molecule has 0 fully saturated rings. The van der Waals surface area contributed by atoms with E-state index in [0.29, 0.717) is 31.6 Å². The molecule has 0 aliphatic rings. The highest BCUT2D eigenvalue weighted by molar-refractivity contribution is 5.91. The first-order valence-corrected chi connectivity index (χ1v) is 11.1. The Morgan fingerprint density at radius 3 is 2.18 bits per heavy atom. The number of benzene rings is 1. The van der Waals surface area contributed by atoms with Gasteiger partial charge in [0.15, 0.2) is 5.96 Å². The van der Waals surface area contributed by atoms with E-state index in [1.165, 1.54) is 31.0 Å². The lowest BCUT2D eigenvalue weighted by atomic mass is 10.0. The number of carbonyl (C=O) groups is 3. The number of non-ortho nitro benzene ring substituents is 1. The van der Waals surface area contributed by atoms with Gasteiger partial charge in [0, 0.05) is 52.2 Å². The average Bonchev–Trinajstić information content (AvgIpc) is 2.79. The van der Waals surface area contributed by atoms with Gasteiger partial charge in [-0.25, -0.2) is 0 Å². The summed E-state index contributed by atoms with van der Waals surface area (Å²) in [6.07, 6.45) is 0.888. The summed E-state index contributed by atoms with van der Waals surface area (Å²) in [4.78, 5) is 55.7. The first-order valence-electron chi connectivity index (χ1n) is 11.1. The summed E-state index contributed by atoms with van der Waals surface area (Å²) in [6, 6.07) is 4.14. The van der Waals surface area contributed by atoms with Crippen LogP contribution in [0.1, 0.15) is 39.2 Å². The first kappa shape index (κ1) is 28.3. The number of nitrogens with one attached hydrogen (secondary N) is 1. The molecule has 188 valence electrons. The maximum atomic E-state index is 13.4. The molecular formula is C22H35N7O5. The van der Waals surface area contributed by atoms with Crippen LogP contribution in [0.5, 0.6) is 0 Å². The summed E-state index contributed by atoms with van der Waals surface area (Å²) in [7, 11) is 1.52. The Bertz CT molecular complexity index is 880. The third-order valence-electron chi connectivity index (χ3n) is 5.37. The normalized spacial score (nSPS) is 12.2. The summed E-state index contributed by atoms with van der Waals surface area (Å²) in [5.41, 5.74) is 11.3. The molecule has 0 heterocycles. The van der Waals surface area contributed by atoms with E-state index in [1.807, 2.05) is 13.8 Å². The zero-order valence-electron chi connectivity index (χ0n) is 20.2. The summed E-state index contributed by atoms with van der Waals surface area (Å²) in [5, 5.41) is 13.6. The lowest BCUT2D eigenvalue weighted by molar-refractivity contribution is -0.384. The fourth-order valence-corrected chi connectivity index (χ4v) is 3.52. The van der Waals surface area contributed by atoms with E-state index < -0.39 is 22.9 Å². The monoisotopic (exact) mass is 477 g/mol. The van der Waals surface area contributed by atoms with Crippen molar-refractivity contribution >= 4 is 29.4 Å². The quantitative estimate of drug-likeness (QED) is 0.121. The smallest absolute Gasteiger partial charge is 0.269 e. The van der Waals surface area contributed by atoms with Crippen molar-refractivity contribution in [1.82, 2.24) is 15.1 Å². The number of guanidine groups is 1. The van der Waals surface area contributed by atoms with E-state index in [1.54, 1.807) is 17.0 Å². The number of nitrogens with zero attached hydrogens (tertiary/aromatic N) is 4. The van der Waals surface area contributed by atoms with Crippen molar-refractivity contribution in [2.24, 2.45) is 16.5 Å². The highest BCUT2D eigenvalue weighted by atomic mass is 16.6. The maximum Gasteiger partial charge on any atom is 0.269 e. The van der Waals surface area contributed by atoms with Crippen molar-refractivity contribution in [3.63, 3.8) is 0 Å². The van der Waals surface area contributed by atoms with E-state index >= 15 is 0 Å². The van der Waals surface area contributed by atoms with Crippen molar-refractivity contribution in [2.45, 2.75) is 52.1 Å². The van der Waals surface area contributed by atoms with E-state index in [4.69, 9.17) is 11.5 Å². The van der Waals surface area contributed by atoms with Crippen molar-refractivity contribution in [3.8, 4) is 0 Å². The van der Waals surface area contributed by atoms with Crippen LogP contribution in [0.3, 0.4) is 0 Å². The second-order valence-corrected chi connectivity index (χ2v) is 7.81. The van der Waals surface area contributed by atoms with Crippen LogP contribution in [0.25, 0.3) is 0 Å². The summed E-state index contributed by atoms with van der Waals surface area (Å²) >= 11 is 0. The lowest BCUT2D eigenvalue weighted by Gasteiger charge is -2.34. The van der Waals surface area contributed by atoms with Crippen molar-refractivity contribution in [1.29, 1.82) is 0 Å². The Hall–Kier alpha value is -3.70. The highest BCUT2D eigenvalue weighted by Gasteiger charge is 2.33. The molecule has 0 aliphatic carbocycles. The molecule has 3 amide bonds. The fourth-order valence-electron chi connectivity index (χ4n) is 3.52. The molecule has 1 aromatic carbocycles. The summed E-state index contributed by atoms with van der Waals surface area (Å²) < 4.78 is 0. The van der Waals surface area contributed by atoms with Gasteiger partial charge < -0.3 is 26.6 Å². The van der Waals surface area contributed by atoms with Gasteiger partial charge in [-0.3, -0.25) is 29.5 Å². The SMILES string of the molecule is CCN(CC)C(=O)[C@H](Cc1ccc([N+](=O)[O-])cc1)N(C)C(=O)[C@H](CCCN=C(N)N)NC(C)=O. The number of likely N-dealkylation sites (N-methyl/N-ethyl adjacent to an activating group) is 2. The zero-order chi connectivity index (χ0) is 25.8. The van der Waals surface area contributed by atoms with Crippen molar-refractivity contribution < 1.29 is 19.3 Å². The third-order valence-corrected chi connectivity index (χ3v) is 5.37. The number of hydrogen-bond donors (Lipinski definition) is 3. The van der Waals surface area contributed by atoms with Gasteiger partial charge in [-0.2, -0.15) is 0 Å². The molecule has 34 heavy (non-hydrogen) atoms. The van der Waals surface area contributed by atoms with E-state index in [2.05, 4.69) is 10.3 Å². The van der Waals surface area contributed by atoms with Crippen molar-refractivity contribution in [3.05, 3.63) is 39.9 Å².